The molecule has 1 aromatic carbocycles. The first kappa shape index (κ1) is 20.8. The number of nitrogens with zero attached hydrogens (tertiary/aromatic N) is 2. The number of azo groups is 1. The number of anilines is 1. The second kappa shape index (κ2) is 9.88. The monoisotopic (exact) mass is 353 g/mol. The van der Waals surface area contributed by atoms with E-state index >= 15 is 0 Å². The number of nitrogens with one attached hydrogen (secondary N) is 1. The maximum Gasteiger partial charge on any atom is 0.279 e. The minimum Gasteiger partial charge on any atom is -0.510 e. The normalized spacial score (nSPS) is 13.0. The van der Waals surface area contributed by atoms with Crippen molar-refractivity contribution in [1.29, 1.82) is 0 Å². The molecule has 6 nitrogen and oxygen atoms in total. The van der Waals surface area contributed by atoms with E-state index < -0.39 is 5.91 Å². The van der Waals surface area contributed by atoms with Gasteiger partial charge in [0, 0.05) is 11.3 Å². The van der Waals surface area contributed by atoms with Crippen LogP contribution in [0, 0.1) is 6.92 Å². The Balaban J connectivity index is 3.00. The summed E-state index contributed by atoms with van der Waals surface area (Å²) >= 11 is 0. The molecule has 0 saturated heterocycles. The highest BCUT2D eigenvalue weighted by Crippen LogP contribution is 2.16. The predicted molar refractivity (Wildman–Crippen MR) is 103 cm³/mol. The summed E-state index contributed by atoms with van der Waals surface area (Å²) in [5.74, 6) is -1.15. The van der Waals surface area contributed by atoms with Crippen molar-refractivity contribution in [3.8, 4) is 0 Å². The van der Waals surface area contributed by atoms with Crippen LogP contribution < -0.4 is 5.32 Å². The van der Waals surface area contributed by atoms with E-state index in [0.717, 1.165) is 5.56 Å². The fourth-order valence-corrected chi connectivity index (χ4v) is 1.88. The van der Waals surface area contributed by atoms with Crippen LogP contribution in [0.2, 0.25) is 0 Å². The third-order valence-corrected chi connectivity index (χ3v) is 3.28. The molecule has 0 aliphatic rings. The lowest BCUT2D eigenvalue weighted by Crippen LogP contribution is -2.14. The molecular formula is C20H23N3O3. The molecule has 0 aliphatic carbocycles. The molecule has 0 radical (unpaired) electrons. The Morgan fingerprint density at radius 1 is 1.15 bits per heavy atom. The van der Waals surface area contributed by atoms with Crippen molar-refractivity contribution in [1.82, 2.24) is 0 Å². The molecule has 0 fully saturated rings. The van der Waals surface area contributed by atoms with Crippen LogP contribution in [0.5, 0.6) is 0 Å². The lowest BCUT2D eigenvalue weighted by Gasteiger charge is -2.06. The molecule has 0 heterocycles. The Kier molecular flexibility index (Phi) is 7.89. The van der Waals surface area contributed by atoms with Crippen LogP contribution in [0.25, 0.3) is 0 Å². The van der Waals surface area contributed by atoms with Gasteiger partial charge in [-0.1, -0.05) is 36.4 Å². The number of carbonyl (C=O) groups is 2. The van der Waals surface area contributed by atoms with E-state index in [1.807, 2.05) is 26.0 Å². The van der Waals surface area contributed by atoms with E-state index in [1.165, 1.54) is 13.8 Å². The summed E-state index contributed by atoms with van der Waals surface area (Å²) in [6.45, 7) is 10.1. The Hall–Kier alpha value is -3.28. The molecule has 26 heavy (non-hydrogen) atoms. The van der Waals surface area contributed by atoms with E-state index in [1.54, 1.807) is 30.4 Å². The number of Topliss-reactive ketones (excluding diaryl/α,β-unsaturated/α-hetero) is 1. The van der Waals surface area contributed by atoms with Crippen molar-refractivity contribution >= 4 is 17.4 Å². The summed E-state index contributed by atoms with van der Waals surface area (Å²) in [7, 11) is 0. The van der Waals surface area contributed by atoms with E-state index in [9.17, 15) is 14.7 Å². The minimum absolute atomic E-state index is 0.0949. The predicted octanol–water partition coefficient (Wildman–Crippen LogP) is 4.78. The fraction of sp³-hybridized carbons (Fsp3) is 0.200. The second-order valence-electron chi connectivity index (χ2n) is 5.56. The van der Waals surface area contributed by atoms with Gasteiger partial charge in [0.25, 0.3) is 5.91 Å². The van der Waals surface area contributed by atoms with E-state index in [2.05, 4.69) is 22.1 Å². The van der Waals surface area contributed by atoms with Gasteiger partial charge in [0.05, 0.1) is 5.70 Å². The molecule has 1 rings (SSSR count). The molecule has 0 aromatic heterocycles. The number of aryl methyl sites for hydroxylation is 1. The zero-order valence-electron chi connectivity index (χ0n) is 15.4. The number of allylic oxidation sites excluding steroid dienone is 5. The number of hydrogen-bond acceptors (Lipinski definition) is 5. The van der Waals surface area contributed by atoms with Crippen molar-refractivity contribution in [2.75, 3.05) is 5.32 Å². The molecule has 2 N–H and O–H groups in total. The van der Waals surface area contributed by atoms with Crippen LogP contribution in [0.15, 0.2) is 82.0 Å². The highest BCUT2D eigenvalue weighted by molar-refractivity contribution is 6.03. The lowest BCUT2D eigenvalue weighted by atomic mass is 10.1. The summed E-state index contributed by atoms with van der Waals surface area (Å²) in [5.41, 5.74) is 1.71. The van der Waals surface area contributed by atoms with E-state index in [0.29, 0.717) is 5.69 Å². The average Bonchev–Trinajstić information content (AvgIpc) is 2.56. The number of hydrogen-bond donors (Lipinski definition) is 2. The van der Waals surface area contributed by atoms with Crippen molar-refractivity contribution < 1.29 is 14.7 Å². The number of aliphatic hydroxyl groups excluding tert-OH is 1. The molecule has 6 heteroatoms. The molecule has 1 aromatic rings. The van der Waals surface area contributed by atoms with E-state index in [4.69, 9.17) is 0 Å². The first-order valence-electron chi connectivity index (χ1n) is 7.99. The van der Waals surface area contributed by atoms with Crippen LogP contribution in [0.4, 0.5) is 5.69 Å². The second-order valence-corrected chi connectivity index (χ2v) is 5.56. The molecule has 136 valence electrons. The summed E-state index contributed by atoms with van der Waals surface area (Å²) < 4.78 is 0. The number of rotatable bonds is 7. The highest BCUT2D eigenvalue weighted by atomic mass is 16.3. The number of benzene rings is 1. The van der Waals surface area contributed by atoms with E-state index in [-0.39, 0.29) is 28.5 Å². The van der Waals surface area contributed by atoms with Gasteiger partial charge in [0.15, 0.2) is 11.5 Å². The maximum absolute atomic E-state index is 12.3. The topological polar surface area (TPSA) is 91.1 Å². The Labute approximate surface area is 153 Å². The molecular weight excluding hydrogens is 330 g/mol. The highest BCUT2D eigenvalue weighted by Gasteiger charge is 2.14. The van der Waals surface area contributed by atoms with Crippen molar-refractivity contribution in [3.05, 3.63) is 77.4 Å². The van der Waals surface area contributed by atoms with Crippen LogP contribution in [0.1, 0.15) is 26.3 Å². The third-order valence-electron chi connectivity index (χ3n) is 3.28. The van der Waals surface area contributed by atoms with Gasteiger partial charge in [-0.2, -0.15) is 5.11 Å². The Morgan fingerprint density at radius 3 is 2.27 bits per heavy atom. The van der Waals surface area contributed by atoms with Crippen molar-refractivity contribution in [2.45, 2.75) is 27.7 Å². The molecule has 0 spiro atoms. The zero-order valence-corrected chi connectivity index (χ0v) is 15.4. The first-order chi connectivity index (χ1) is 12.3. The Bertz CT molecular complexity index is 809. The van der Waals surface area contributed by atoms with Crippen molar-refractivity contribution in [3.63, 3.8) is 0 Å². The summed E-state index contributed by atoms with van der Waals surface area (Å²) in [6, 6.07) is 7.17. The summed E-state index contributed by atoms with van der Waals surface area (Å²) in [5, 5.41) is 20.0. The number of carbonyl (C=O) groups excluding carboxylic acids is 2. The SMILES string of the molecule is C=C(N=NC(C(=O)Nc1ccc(C)cc1)=C(C)O)/C(=C\C=C/C)C(C)=O. The van der Waals surface area contributed by atoms with Gasteiger partial charge < -0.3 is 10.4 Å². The van der Waals surface area contributed by atoms with Crippen LogP contribution in [-0.4, -0.2) is 16.8 Å². The largest absolute Gasteiger partial charge is 0.510 e. The van der Waals surface area contributed by atoms with Gasteiger partial charge in [-0.05, 0) is 45.9 Å². The van der Waals surface area contributed by atoms with Gasteiger partial charge >= 0.3 is 0 Å². The van der Waals surface area contributed by atoms with Crippen LogP contribution in [0.3, 0.4) is 0 Å². The quantitative estimate of drug-likeness (QED) is 0.320. The van der Waals surface area contributed by atoms with Gasteiger partial charge in [0.2, 0.25) is 0 Å². The van der Waals surface area contributed by atoms with Gasteiger partial charge in [-0.15, -0.1) is 5.11 Å². The number of ketones is 1. The average molecular weight is 353 g/mol. The van der Waals surface area contributed by atoms with Crippen LogP contribution >= 0.6 is 0 Å². The van der Waals surface area contributed by atoms with Gasteiger partial charge in [-0.3, -0.25) is 9.59 Å². The maximum atomic E-state index is 12.3. The molecule has 0 saturated carbocycles. The summed E-state index contributed by atoms with van der Waals surface area (Å²) in [6.07, 6.45) is 4.99. The van der Waals surface area contributed by atoms with Gasteiger partial charge in [0.1, 0.15) is 5.76 Å². The van der Waals surface area contributed by atoms with Crippen molar-refractivity contribution in [2.24, 2.45) is 10.2 Å². The minimum atomic E-state index is -0.618. The molecule has 0 aliphatic heterocycles. The summed E-state index contributed by atoms with van der Waals surface area (Å²) in [4.78, 5) is 24.0. The lowest BCUT2D eigenvalue weighted by molar-refractivity contribution is -0.114. The number of aliphatic hydroxyl groups is 1. The molecule has 0 unspecified atom stereocenters. The zero-order chi connectivity index (χ0) is 19.7. The Morgan fingerprint density at radius 2 is 1.77 bits per heavy atom. The molecule has 0 bridgehead atoms. The fourth-order valence-electron chi connectivity index (χ4n) is 1.88. The first-order valence-corrected chi connectivity index (χ1v) is 7.99. The molecule has 0 atom stereocenters. The number of amides is 1. The molecule has 1 amide bonds. The van der Waals surface area contributed by atoms with Crippen LogP contribution in [-0.2, 0) is 9.59 Å². The smallest absolute Gasteiger partial charge is 0.279 e. The third kappa shape index (κ3) is 6.32. The standard InChI is InChI=1S/C20H23N3O3/c1-6-7-8-18(15(4)24)14(3)22-23-19(16(5)25)20(26)21-17-11-9-13(2)10-12-17/h6-12,25H,3H2,1-2,4-5H3,(H,21,26)/b7-6-,18-8+,19-16?,23-22?. The van der Waals surface area contributed by atoms with Gasteiger partial charge in [-0.25, -0.2) is 0 Å².